The van der Waals surface area contributed by atoms with Crippen molar-refractivity contribution in [2.75, 3.05) is 18.0 Å². The first kappa shape index (κ1) is 3.17. The highest BCUT2D eigenvalue weighted by Gasteiger charge is 1.83. The van der Waals surface area contributed by atoms with Crippen LogP contribution in [-0.4, -0.2) is 18.0 Å². The lowest BCUT2D eigenvalue weighted by atomic mass is 10.6. The van der Waals surface area contributed by atoms with Gasteiger partial charge in [-0.05, 0) is 6.37 Å². The molecule has 0 saturated heterocycles. The van der Waals surface area contributed by atoms with Gasteiger partial charge in [0.15, 0.2) is 0 Å². The van der Waals surface area contributed by atoms with Crippen molar-refractivity contribution >= 4 is 21.6 Å². The summed E-state index contributed by atoms with van der Waals surface area (Å²) in [6.45, 7) is 1.17. The van der Waals surface area contributed by atoms with E-state index in [9.17, 15) is 0 Å². The molecule has 0 rings (SSSR count). The van der Waals surface area contributed by atoms with E-state index >= 15 is 0 Å². The number of hydrogen-bond donors (Lipinski definition) is 1. The smallest absolute Gasteiger partial charge is 0.0402 e. The fourth-order valence-electron chi connectivity index (χ4n) is 0.140. The highest BCUT2D eigenvalue weighted by Crippen LogP contribution is 2.20. The summed E-state index contributed by atoms with van der Waals surface area (Å²) in [5, 5.41) is 0. The Balaban J connectivity index is 3.90. The molecule has 0 aromatic rings. The van der Waals surface area contributed by atoms with E-state index in [0.29, 0.717) is 0 Å². The van der Waals surface area contributed by atoms with Crippen molar-refractivity contribution in [3.8, 4) is 0 Å². The van der Waals surface area contributed by atoms with E-state index in [4.69, 9.17) is 12.6 Å². The fraction of sp³-hybridized carbons (Fsp3) is 1.00. The highest BCUT2D eigenvalue weighted by molar-refractivity contribution is 8.76. The maximum Gasteiger partial charge on any atom is 0.0402 e. The molecule has 0 aliphatic heterocycles. The van der Waals surface area contributed by atoms with Gasteiger partial charge in [-0.25, -0.2) is 0 Å². The monoisotopic (exact) mass is 156 g/mol. The molecule has 1 nitrogen and oxygen atoms in total. The Bertz CT molecular complexity index is 159. The zero-order valence-electron chi connectivity index (χ0n) is 9.68. The third-order valence-corrected chi connectivity index (χ3v) is 2.00. The molecule has 3 heteroatoms. The van der Waals surface area contributed by atoms with Gasteiger partial charge in [-0.15, -0.1) is 0 Å². The average molecular weight is 156 g/mol. The molecule has 0 aliphatic rings. The summed E-state index contributed by atoms with van der Waals surface area (Å²) in [5.41, 5.74) is 2.55. The Labute approximate surface area is 66.2 Å². The molecule has 0 saturated carbocycles. The van der Waals surface area contributed by atoms with E-state index in [1.807, 2.05) is 0 Å². The van der Waals surface area contributed by atoms with Crippen LogP contribution in [0.3, 0.4) is 0 Å². The summed E-state index contributed by atoms with van der Waals surface area (Å²) in [4.78, 5) is 0. The van der Waals surface area contributed by atoms with Crippen molar-refractivity contribution in [3.63, 3.8) is 0 Å². The SMILES string of the molecule is [2H]C(SSC([2H])([2H])CN)C([2H])([2H])C. The molecule has 1 atom stereocenters. The predicted molar refractivity (Wildman–Crippen MR) is 44.3 cm³/mol. The number of hydrogen-bond acceptors (Lipinski definition) is 3. The van der Waals surface area contributed by atoms with Gasteiger partial charge >= 0.3 is 0 Å². The second-order valence-electron chi connectivity index (χ2n) is 0.935. The van der Waals surface area contributed by atoms with Crippen LogP contribution < -0.4 is 5.73 Å². The molecule has 2 N–H and O–H groups in total. The summed E-state index contributed by atoms with van der Waals surface area (Å²) in [6.07, 6.45) is -1.62. The molecule has 0 aromatic heterocycles. The van der Waals surface area contributed by atoms with Crippen LogP contribution in [0.2, 0.25) is 0 Å². The Hall–Kier alpha value is 0.660. The van der Waals surface area contributed by atoms with Crippen LogP contribution in [0.5, 0.6) is 0 Å². The van der Waals surface area contributed by atoms with E-state index in [1.165, 1.54) is 6.92 Å². The van der Waals surface area contributed by atoms with Gasteiger partial charge in [-0.2, -0.15) is 0 Å². The van der Waals surface area contributed by atoms with Crippen LogP contribution in [0, 0.1) is 0 Å². The third-order valence-electron chi connectivity index (χ3n) is 0.356. The zero-order valence-corrected chi connectivity index (χ0v) is 6.31. The Morgan fingerprint density at radius 1 is 1.62 bits per heavy atom. The first-order chi connectivity index (χ1) is 5.69. The van der Waals surface area contributed by atoms with Crippen molar-refractivity contribution in [3.05, 3.63) is 0 Å². The molecule has 0 spiro atoms. The minimum Gasteiger partial charge on any atom is -0.330 e. The molecular weight excluding hydrogens is 138 g/mol. The molecule has 8 heavy (non-hydrogen) atoms. The molecular formula is C5H13NS2. The van der Waals surface area contributed by atoms with Crippen molar-refractivity contribution in [1.29, 1.82) is 0 Å². The van der Waals surface area contributed by atoms with Crippen molar-refractivity contribution in [1.82, 2.24) is 0 Å². The van der Waals surface area contributed by atoms with Crippen molar-refractivity contribution < 1.29 is 6.85 Å². The molecule has 0 amide bonds. The number of rotatable bonds is 5. The first-order valence-electron chi connectivity index (χ1n) is 4.73. The van der Waals surface area contributed by atoms with Crippen LogP contribution in [0.15, 0.2) is 0 Å². The highest BCUT2D eigenvalue weighted by atomic mass is 33.1. The van der Waals surface area contributed by atoms with Crippen LogP contribution in [0.4, 0.5) is 0 Å². The summed E-state index contributed by atoms with van der Waals surface area (Å²) >= 11 is 0. The minimum absolute atomic E-state index is 0.135. The normalized spacial score (nSPS) is 26.5. The summed E-state index contributed by atoms with van der Waals surface area (Å²) in [6, 6.07) is 0. The van der Waals surface area contributed by atoms with Crippen LogP contribution in [0.25, 0.3) is 0 Å². The lowest BCUT2D eigenvalue weighted by Crippen LogP contribution is -1.99. The Morgan fingerprint density at radius 3 is 2.88 bits per heavy atom. The molecule has 0 aromatic carbocycles. The Morgan fingerprint density at radius 2 is 2.38 bits per heavy atom. The maximum absolute atomic E-state index is 7.34. The molecule has 1 unspecified atom stereocenters. The largest absolute Gasteiger partial charge is 0.330 e. The van der Waals surface area contributed by atoms with Crippen LogP contribution in [0.1, 0.15) is 20.2 Å². The van der Waals surface area contributed by atoms with Crippen LogP contribution in [-0.2, 0) is 0 Å². The van der Waals surface area contributed by atoms with Gasteiger partial charge in [0, 0.05) is 24.8 Å². The summed E-state index contributed by atoms with van der Waals surface area (Å²) in [7, 11) is 1.68. The van der Waals surface area contributed by atoms with E-state index in [2.05, 4.69) is 0 Å². The van der Waals surface area contributed by atoms with E-state index in [0.717, 1.165) is 21.6 Å². The van der Waals surface area contributed by atoms with Gasteiger partial charge in [0.2, 0.25) is 0 Å². The van der Waals surface area contributed by atoms with E-state index in [1.54, 1.807) is 0 Å². The predicted octanol–water partition coefficient (Wildman–Crippen LogP) is 1.74. The lowest BCUT2D eigenvalue weighted by Gasteiger charge is -1.93. The molecule has 0 aliphatic carbocycles. The number of nitrogens with two attached hydrogens (primary N) is 1. The van der Waals surface area contributed by atoms with E-state index in [-0.39, 0.29) is 6.54 Å². The fourth-order valence-corrected chi connectivity index (χ4v) is 1.26. The molecule has 0 heterocycles. The quantitative estimate of drug-likeness (QED) is 0.614. The summed E-state index contributed by atoms with van der Waals surface area (Å²) < 4.78 is 36.2. The Kier molecular flexibility index (Phi) is 3.04. The van der Waals surface area contributed by atoms with E-state index < -0.39 is 17.8 Å². The van der Waals surface area contributed by atoms with Gasteiger partial charge in [-0.1, -0.05) is 28.5 Å². The van der Waals surface area contributed by atoms with Gasteiger partial charge in [-0.3, -0.25) is 0 Å². The second kappa shape index (κ2) is 7.66. The van der Waals surface area contributed by atoms with Gasteiger partial charge in [0.25, 0.3) is 0 Å². The van der Waals surface area contributed by atoms with Crippen LogP contribution >= 0.6 is 21.6 Å². The average Bonchev–Trinajstić information content (AvgIpc) is 1.98. The van der Waals surface area contributed by atoms with Gasteiger partial charge in [0.05, 0.1) is 0 Å². The standard InChI is InChI=1S/C5H13NS2/c1-2-4-7-8-5-3-6/h2-6H2,1H3/i2D2,4D,5D2. The van der Waals surface area contributed by atoms with Gasteiger partial charge < -0.3 is 5.73 Å². The van der Waals surface area contributed by atoms with Crippen molar-refractivity contribution in [2.24, 2.45) is 5.73 Å². The second-order valence-corrected chi connectivity index (χ2v) is 2.90. The third kappa shape index (κ3) is 6.66. The molecule has 0 fully saturated rings. The van der Waals surface area contributed by atoms with Crippen molar-refractivity contribution in [2.45, 2.75) is 13.3 Å². The zero-order chi connectivity index (χ0) is 10.7. The lowest BCUT2D eigenvalue weighted by molar-refractivity contribution is 1.11. The first-order valence-corrected chi connectivity index (χ1v) is 4.37. The topological polar surface area (TPSA) is 26.0 Å². The molecule has 50 valence electrons. The maximum atomic E-state index is 7.34. The molecule has 0 radical (unpaired) electrons. The summed E-state index contributed by atoms with van der Waals surface area (Å²) in [5.74, 6) is 0. The molecule has 0 bridgehead atoms. The van der Waals surface area contributed by atoms with Gasteiger partial charge in [0.1, 0.15) is 0 Å². The minimum atomic E-state index is -1.62.